The van der Waals surface area contributed by atoms with Crippen LogP contribution in [0.5, 0.6) is 11.8 Å². The molecule has 2 aliphatic heterocycles. The molecule has 0 saturated carbocycles. The van der Waals surface area contributed by atoms with Crippen LogP contribution in [0, 0.1) is 6.92 Å². The molecule has 4 heterocycles. The van der Waals surface area contributed by atoms with Crippen LogP contribution in [0.25, 0.3) is 5.69 Å². The summed E-state index contributed by atoms with van der Waals surface area (Å²) in [5.41, 5.74) is 1.80. The van der Waals surface area contributed by atoms with Gasteiger partial charge in [0.1, 0.15) is 36.7 Å². The number of aromatic nitrogens is 7. The monoisotopic (exact) mass is 510 g/mol. The Morgan fingerprint density at radius 1 is 1.03 bits per heavy atom. The summed E-state index contributed by atoms with van der Waals surface area (Å²) in [6.07, 6.45) is 2.12. The smallest absolute Gasteiger partial charge is 0.341 e. The third-order valence-electron chi connectivity index (χ3n) is 6.17. The Bertz CT molecular complexity index is 1440. The molecule has 0 bridgehead atoms. The second-order valence-corrected chi connectivity index (χ2v) is 10.3. The zero-order valence-corrected chi connectivity index (χ0v) is 19.9. The Balaban J connectivity index is 1.15. The SMILES string of the molecule is Cc1ccc(S(=O)(=O)N[C@H]2CO[C@H]3[C@@H]2OC[C@@H]3n2nnnc2Oc2ccc(-n3cncn3)cc2)cc1. The summed E-state index contributed by atoms with van der Waals surface area (Å²) in [5, 5.41) is 15.9. The molecule has 186 valence electrons. The Morgan fingerprint density at radius 3 is 2.56 bits per heavy atom. The molecule has 0 amide bonds. The first-order valence-electron chi connectivity index (χ1n) is 11.2. The number of nitrogens with one attached hydrogen (secondary N) is 1. The van der Waals surface area contributed by atoms with Crippen molar-refractivity contribution in [2.24, 2.45) is 0 Å². The van der Waals surface area contributed by atoms with Crippen LogP contribution < -0.4 is 9.46 Å². The van der Waals surface area contributed by atoms with Crippen LogP contribution in [-0.2, 0) is 19.5 Å². The third kappa shape index (κ3) is 4.24. The molecular formula is C22H22N8O5S. The minimum atomic E-state index is -3.73. The molecule has 4 atom stereocenters. The first-order chi connectivity index (χ1) is 17.5. The predicted octanol–water partition coefficient (Wildman–Crippen LogP) is 1.04. The van der Waals surface area contributed by atoms with E-state index in [2.05, 4.69) is 30.3 Å². The van der Waals surface area contributed by atoms with E-state index >= 15 is 0 Å². The normalized spacial score (nSPS) is 23.6. The second-order valence-electron chi connectivity index (χ2n) is 8.55. The maximum absolute atomic E-state index is 12.9. The number of aryl methyl sites for hydroxylation is 1. The summed E-state index contributed by atoms with van der Waals surface area (Å²) in [6.45, 7) is 2.31. The van der Waals surface area contributed by atoms with Crippen molar-refractivity contribution < 1.29 is 22.6 Å². The summed E-state index contributed by atoms with van der Waals surface area (Å²) in [4.78, 5) is 4.13. The van der Waals surface area contributed by atoms with Crippen LogP contribution in [0.1, 0.15) is 11.6 Å². The Labute approximate surface area is 206 Å². The minimum Gasteiger partial charge on any atom is -0.423 e. The zero-order valence-electron chi connectivity index (χ0n) is 19.1. The van der Waals surface area contributed by atoms with Crippen molar-refractivity contribution in [3.63, 3.8) is 0 Å². The molecule has 1 N–H and O–H groups in total. The predicted molar refractivity (Wildman–Crippen MR) is 123 cm³/mol. The van der Waals surface area contributed by atoms with E-state index in [4.69, 9.17) is 14.2 Å². The molecule has 2 aromatic heterocycles. The number of nitrogens with zero attached hydrogens (tertiary/aromatic N) is 7. The number of rotatable bonds is 7. The third-order valence-corrected chi connectivity index (χ3v) is 7.68. The Kier molecular flexibility index (Phi) is 5.72. The van der Waals surface area contributed by atoms with Crippen molar-refractivity contribution >= 4 is 10.0 Å². The maximum atomic E-state index is 12.9. The summed E-state index contributed by atoms with van der Waals surface area (Å²) < 4.78 is 49.4. The molecule has 14 heteroatoms. The number of benzene rings is 2. The topological polar surface area (TPSA) is 148 Å². The van der Waals surface area contributed by atoms with E-state index in [9.17, 15) is 8.42 Å². The molecule has 0 unspecified atom stereocenters. The number of tetrazole rings is 1. The molecule has 0 spiro atoms. The lowest BCUT2D eigenvalue weighted by Gasteiger charge is -2.18. The highest BCUT2D eigenvalue weighted by molar-refractivity contribution is 7.89. The molecule has 36 heavy (non-hydrogen) atoms. The van der Waals surface area contributed by atoms with Crippen LogP contribution in [0.4, 0.5) is 0 Å². The van der Waals surface area contributed by atoms with Gasteiger partial charge in [0.05, 0.1) is 29.8 Å². The highest BCUT2D eigenvalue weighted by atomic mass is 32.2. The van der Waals surface area contributed by atoms with Crippen LogP contribution in [-0.4, -0.2) is 74.9 Å². The standard InChI is InChI=1S/C22H22N8O5S/c1-14-2-8-17(9-3-14)36(31,32)26-18-10-33-21-19(11-34-20(18)21)30-22(25-27-28-30)35-16-6-4-15(5-7-16)29-13-23-12-24-29/h2-9,12-13,18-21,26H,10-11H2,1H3/t18-,19-,20+,21+/m0/s1. The summed E-state index contributed by atoms with van der Waals surface area (Å²) in [6, 6.07) is 13.1. The lowest BCUT2D eigenvalue weighted by molar-refractivity contribution is 0.0615. The van der Waals surface area contributed by atoms with Gasteiger partial charge >= 0.3 is 6.01 Å². The van der Waals surface area contributed by atoms with Crippen molar-refractivity contribution in [3.05, 3.63) is 66.7 Å². The molecule has 6 rings (SSSR count). The number of hydrogen-bond donors (Lipinski definition) is 1. The highest BCUT2D eigenvalue weighted by Gasteiger charge is 2.50. The Morgan fingerprint density at radius 2 is 1.81 bits per heavy atom. The molecule has 4 aromatic rings. The van der Waals surface area contributed by atoms with Crippen molar-refractivity contribution in [1.82, 2.24) is 39.7 Å². The van der Waals surface area contributed by atoms with Gasteiger partial charge in [-0.25, -0.2) is 22.8 Å². The number of hydrogen-bond acceptors (Lipinski definition) is 10. The van der Waals surface area contributed by atoms with E-state index in [-0.39, 0.29) is 30.2 Å². The Hall–Kier alpha value is -3.72. The molecule has 2 saturated heterocycles. The average molecular weight is 511 g/mol. The van der Waals surface area contributed by atoms with Crippen LogP contribution >= 0.6 is 0 Å². The molecular weight excluding hydrogens is 488 g/mol. The van der Waals surface area contributed by atoms with E-state index in [0.29, 0.717) is 5.75 Å². The fraction of sp³-hybridized carbons (Fsp3) is 0.318. The first kappa shape index (κ1) is 22.7. The van der Waals surface area contributed by atoms with Gasteiger partial charge in [0.2, 0.25) is 10.0 Å². The van der Waals surface area contributed by atoms with Gasteiger partial charge in [0.15, 0.2) is 0 Å². The van der Waals surface area contributed by atoms with Crippen molar-refractivity contribution in [3.8, 4) is 17.4 Å². The van der Waals surface area contributed by atoms with Gasteiger partial charge in [0.25, 0.3) is 0 Å². The van der Waals surface area contributed by atoms with E-state index in [1.807, 2.05) is 19.1 Å². The molecule has 0 aliphatic carbocycles. The minimum absolute atomic E-state index is 0.166. The summed E-state index contributed by atoms with van der Waals surface area (Å²) in [7, 11) is -3.73. The second kappa shape index (κ2) is 9.05. The van der Waals surface area contributed by atoms with Crippen molar-refractivity contribution in [2.75, 3.05) is 13.2 Å². The van der Waals surface area contributed by atoms with Gasteiger partial charge in [-0.05, 0) is 53.7 Å². The molecule has 13 nitrogen and oxygen atoms in total. The van der Waals surface area contributed by atoms with Gasteiger partial charge < -0.3 is 14.2 Å². The van der Waals surface area contributed by atoms with Gasteiger partial charge in [-0.2, -0.15) is 9.78 Å². The van der Waals surface area contributed by atoms with Crippen molar-refractivity contribution in [1.29, 1.82) is 0 Å². The summed E-state index contributed by atoms with van der Waals surface area (Å²) in [5.74, 6) is 0.529. The van der Waals surface area contributed by atoms with E-state index in [0.717, 1.165) is 11.3 Å². The molecule has 0 radical (unpaired) electrons. The van der Waals surface area contributed by atoms with Gasteiger partial charge in [0, 0.05) is 0 Å². The highest BCUT2D eigenvalue weighted by Crippen LogP contribution is 2.36. The molecule has 2 fully saturated rings. The average Bonchev–Trinajstić information content (AvgIpc) is 3.67. The quantitative estimate of drug-likeness (QED) is 0.382. The fourth-order valence-corrected chi connectivity index (χ4v) is 5.58. The zero-order chi connectivity index (χ0) is 24.7. The van der Waals surface area contributed by atoms with Gasteiger partial charge in [-0.15, -0.1) is 0 Å². The molecule has 2 aliphatic rings. The largest absolute Gasteiger partial charge is 0.423 e. The van der Waals surface area contributed by atoms with Crippen LogP contribution in [0.3, 0.4) is 0 Å². The lowest BCUT2D eigenvalue weighted by atomic mass is 10.1. The van der Waals surface area contributed by atoms with Gasteiger partial charge in [-0.1, -0.05) is 22.8 Å². The van der Waals surface area contributed by atoms with Gasteiger partial charge in [-0.3, -0.25) is 0 Å². The number of ether oxygens (including phenoxy) is 3. The van der Waals surface area contributed by atoms with Crippen LogP contribution in [0.2, 0.25) is 0 Å². The maximum Gasteiger partial charge on any atom is 0.341 e. The van der Waals surface area contributed by atoms with Crippen molar-refractivity contribution in [2.45, 2.75) is 36.1 Å². The summed E-state index contributed by atoms with van der Waals surface area (Å²) >= 11 is 0. The van der Waals surface area contributed by atoms with Crippen LogP contribution in [0.15, 0.2) is 66.1 Å². The molecule has 2 aromatic carbocycles. The van der Waals surface area contributed by atoms with E-state index < -0.39 is 28.3 Å². The van der Waals surface area contributed by atoms with E-state index in [1.165, 1.54) is 11.0 Å². The van der Waals surface area contributed by atoms with E-state index in [1.54, 1.807) is 47.4 Å². The number of fused-ring (bicyclic) bond motifs is 1. The fourth-order valence-electron chi connectivity index (χ4n) is 4.35. The lowest BCUT2D eigenvalue weighted by Crippen LogP contribution is -2.44. The first-order valence-corrected chi connectivity index (χ1v) is 12.7. The number of sulfonamides is 1.